The van der Waals surface area contributed by atoms with E-state index in [9.17, 15) is 0 Å². The molecule has 1 atom stereocenters. The Morgan fingerprint density at radius 3 is 2.00 bits per heavy atom. The Hall–Kier alpha value is -0.795. The fourth-order valence-corrected chi connectivity index (χ4v) is 2.27. The van der Waals surface area contributed by atoms with Gasteiger partial charge in [0.05, 0.1) is 11.2 Å². The van der Waals surface area contributed by atoms with Crippen molar-refractivity contribution in [2.75, 3.05) is 0 Å². The topological polar surface area (TPSA) is 18.5 Å². The molecular weight excluding hydrogens is 223 g/mol. The first-order valence-electron chi connectivity index (χ1n) is 6.72. The van der Waals surface area contributed by atoms with Crippen LogP contribution < -0.4 is 0 Å². The van der Waals surface area contributed by atoms with E-state index in [0.29, 0.717) is 5.92 Å². The zero-order valence-corrected chi connectivity index (χ0v) is 12.1. The van der Waals surface area contributed by atoms with Gasteiger partial charge < -0.3 is 9.31 Å². The SMILES string of the molecule is C[C@H](CB1OC(C)(C)C(C)(C)O1)c1ccccc1. The molecule has 1 heterocycles. The molecule has 0 aromatic heterocycles. The highest BCUT2D eigenvalue weighted by Gasteiger charge is 2.51. The molecule has 1 aromatic carbocycles. The second-order valence-corrected chi connectivity index (χ2v) is 6.23. The minimum absolute atomic E-state index is 0.106. The van der Waals surface area contributed by atoms with Crippen LogP contribution >= 0.6 is 0 Å². The summed E-state index contributed by atoms with van der Waals surface area (Å²) < 4.78 is 12.1. The molecule has 0 radical (unpaired) electrons. The molecule has 0 N–H and O–H groups in total. The van der Waals surface area contributed by atoms with Crippen molar-refractivity contribution < 1.29 is 9.31 Å². The highest BCUT2D eigenvalue weighted by Crippen LogP contribution is 2.39. The first-order chi connectivity index (χ1) is 8.32. The third-order valence-electron chi connectivity index (χ3n) is 4.22. The van der Waals surface area contributed by atoms with Crippen molar-refractivity contribution in [3.8, 4) is 0 Å². The van der Waals surface area contributed by atoms with E-state index in [-0.39, 0.29) is 18.3 Å². The normalized spacial score (nSPS) is 23.1. The van der Waals surface area contributed by atoms with Gasteiger partial charge in [-0.05, 0) is 45.5 Å². The molecule has 3 heteroatoms. The molecule has 2 nitrogen and oxygen atoms in total. The van der Waals surface area contributed by atoms with E-state index in [4.69, 9.17) is 9.31 Å². The van der Waals surface area contributed by atoms with Crippen LogP contribution in [0.1, 0.15) is 46.1 Å². The standard InChI is InChI=1S/C15H23BO2/c1-12(13-9-7-6-8-10-13)11-16-17-14(2,3)15(4,5)18-16/h6-10,12H,11H2,1-5H3/t12-/m1/s1. The molecule has 18 heavy (non-hydrogen) atoms. The van der Waals surface area contributed by atoms with E-state index < -0.39 is 0 Å². The van der Waals surface area contributed by atoms with Gasteiger partial charge in [0.25, 0.3) is 0 Å². The van der Waals surface area contributed by atoms with Crippen LogP contribution in [0.4, 0.5) is 0 Å². The van der Waals surface area contributed by atoms with Gasteiger partial charge in [-0.25, -0.2) is 0 Å². The molecule has 1 aliphatic rings. The zero-order chi connectivity index (χ0) is 13.4. The Kier molecular flexibility index (Phi) is 3.57. The zero-order valence-electron chi connectivity index (χ0n) is 12.1. The summed E-state index contributed by atoms with van der Waals surface area (Å²) in [5.74, 6) is 0.445. The molecular formula is C15H23BO2. The Morgan fingerprint density at radius 1 is 1.00 bits per heavy atom. The van der Waals surface area contributed by atoms with Crippen molar-refractivity contribution >= 4 is 7.12 Å². The summed E-state index contributed by atoms with van der Waals surface area (Å²) in [6, 6.07) is 10.5. The highest BCUT2D eigenvalue weighted by molar-refractivity contribution is 6.45. The van der Waals surface area contributed by atoms with Gasteiger partial charge in [0, 0.05) is 0 Å². The number of hydrogen-bond acceptors (Lipinski definition) is 2. The predicted molar refractivity (Wildman–Crippen MR) is 75.7 cm³/mol. The molecule has 0 unspecified atom stereocenters. The molecule has 0 amide bonds. The van der Waals surface area contributed by atoms with Gasteiger partial charge in [0.15, 0.2) is 0 Å². The Bertz CT molecular complexity index is 384. The summed E-state index contributed by atoms with van der Waals surface area (Å²) in [4.78, 5) is 0. The molecule has 1 saturated heterocycles. The second kappa shape index (κ2) is 4.71. The van der Waals surface area contributed by atoms with E-state index in [1.807, 2.05) is 6.07 Å². The maximum atomic E-state index is 6.03. The maximum Gasteiger partial charge on any atom is 0.458 e. The van der Waals surface area contributed by atoms with Crippen molar-refractivity contribution in [1.29, 1.82) is 0 Å². The largest absolute Gasteiger partial charge is 0.458 e. The van der Waals surface area contributed by atoms with Gasteiger partial charge in [-0.1, -0.05) is 37.3 Å². The van der Waals surface area contributed by atoms with Crippen molar-refractivity contribution in [1.82, 2.24) is 0 Å². The smallest absolute Gasteiger partial charge is 0.403 e. The van der Waals surface area contributed by atoms with E-state index in [1.165, 1.54) is 5.56 Å². The van der Waals surface area contributed by atoms with Crippen LogP contribution in [0.25, 0.3) is 0 Å². The fourth-order valence-electron chi connectivity index (χ4n) is 2.27. The van der Waals surface area contributed by atoms with Crippen LogP contribution in [0.3, 0.4) is 0 Å². The number of benzene rings is 1. The summed E-state index contributed by atoms with van der Waals surface area (Å²) in [5, 5.41) is 0. The van der Waals surface area contributed by atoms with E-state index in [0.717, 1.165) is 6.32 Å². The minimum Gasteiger partial charge on any atom is -0.403 e. The summed E-state index contributed by atoms with van der Waals surface area (Å²) in [5.41, 5.74) is 0.884. The molecule has 2 rings (SSSR count). The molecule has 0 aliphatic carbocycles. The lowest BCUT2D eigenvalue weighted by molar-refractivity contribution is 0.00578. The first-order valence-corrected chi connectivity index (χ1v) is 6.72. The fraction of sp³-hybridized carbons (Fsp3) is 0.600. The molecule has 0 bridgehead atoms. The van der Waals surface area contributed by atoms with Gasteiger partial charge >= 0.3 is 7.12 Å². The van der Waals surface area contributed by atoms with Gasteiger partial charge in [0.1, 0.15) is 0 Å². The maximum absolute atomic E-state index is 6.03. The third-order valence-corrected chi connectivity index (χ3v) is 4.22. The van der Waals surface area contributed by atoms with Crippen LogP contribution in [0, 0.1) is 0 Å². The lowest BCUT2D eigenvalue weighted by atomic mass is 9.75. The van der Waals surface area contributed by atoms with Crippen LogP contribution in [0.15, 0.2) is 30.3 Å². The molecule has 0 saturated carbocycles. The monoisotopic (exact) mass is 246 g/mol. The lowest BCUT2D eigenvalue weighted by Crippen LogP contribution is -2.41. The second-order valence-electron chi connectivity index (χ2n) is 6.23. The predicted octanol–water partition coefficient (Wildman–Crippen LogP) is 3.88. The summed E-state index contributed by atoms with van der Waals surface area (Å²) in [6.45, 7) is 10.6. The lowest BCUT2D eigenvalue weighted by Gasteiger charge is -2.32. The molecule has 1 aliphatic heterocycles. The Labute approximate surface area is 111 Å². The molecule has 1 aromatic rings. The minimum atomic E-state index is -0.228. The van der Waals surface area contributed by atoms with Crippen molar-refractivity contribution in [2.24, 2.45) is 0 Å². The quantitative estimate of drug-likeness (QED) is 0.753. The van der Waals surface area contributed by atoms with E-state index in [2.05, 4.69) is 58.9 Å². The summed E-state index contributed by atoms with van der Waals surface area (Å²) >= 11 is 0. The van der Waals surface area contributed by atoms with E-state index >= 15 is 0 Å². The average molecular weight is 246 g/mol. The number of rotatable bonds is 3. The van der Waals surface area contributed by atoms with Crippen molar-refractivity contribution in [3.63, 3.8) is 0 Å². The molecule has 0 spiro atoms. The van der Waals surface area contributed by atoms with Crippen molar-refractivity contribution in [2.45, 2.75) is 58.1 Å². The average Bonchev–Trinajstić information content (AvgIpc) is 2.48. The Morgan fingerprint density at radius 2 is 1.50 bits per heavy atom. The van der Waals surface area contributed by atoms with Crippen LogP contribution in [0.2, 0.25) is 6.32 Å². The van der Waals surface area contributed by atoms with Crippen LogP contribution in [0.5, 0.6) is 0 Å². The summed E-state index contributed by atoms with van der Waals surface area (Å²) in [7, 11) is -0.106. The van der Waals surface area contributed by atoms with Crippen LogP contribution in [-0.2, 0) is 9.31 Å². The first kappa shape index (κ1) is 13.6. The van der Waals surface area contributed by atoms with Gasteiger partial charge in [-0.2, -0.15) is 0 Å². The van der Waals surface area contributed by atoms with Crippen LogP contribution in [-0.4, -0.2) is 18.3 Å². The van der Waals surface area contributed by atoms with Gasteiger partial charge in [0.2, 0.25) is 0 Å². The molecule has 98 valence electrons. The highest BCUT2D eigenvalue weighted by atomic mass is 16.7. The van der Waals surface area contributed by atoms with Gasteiger partial charge in [-0.3, -0.25) is 0 Å². The molecule has 1 fully saturated rings. The summed E-state index contributed by atoms with van der Waals surface area (Å²) in [6.07, 6.45) is 0.900. The number of hydrogen-bond donors (Lipinski definition) is 0. The van der Waals surface area contributed by atoms with Gasteiger partial charge in [-0.15, -0.1) is 0 Å². The third kappa shape index (κ3) is 2.62. The van der Waals surface area contributed by atoms with E-state index in [1.54, 1.807) is 0 Å². The Balaban J connectivity index is 2.00. The van der Waals surface area contributed by atoms with Crippen molar-refractivity contribution in [3.05, 3.63) is 35.9 Å².